The maximum Gasteiger partial charge on any atom is 0.144 e. The van der Waals surface area contributed by atoms with Gasteiger partial charge < -0.3 is 20.4 Å². The first kappa shape index (κ1) is 16.2. The predicted molar refractivity (Wildman–Crippen MR) is 68.3 cm³/mol. The van der Waals surface area contributed by atoms with Crippen LogP contribution in [0.15, 0.2) is 5.16 Å². The van der Waals surface area contributed by atoms with E-state index in [9.17, 15) is 0 Å². The molecule has 5 nitrogen and oxygen atoms in total. The molecule has 0 unspecified atom stereocenters. The lowest BCUT2D eigenvalue weighted by atomic mass is 9.88. The molecule has 0 bridgehead atoms. The normalized spacial score (nSPS) is 14.1. The molecule has 17 heavy (non-hydrogen) atoms. The first-order valence-electron chi connectivity index (χ1n) is 5.89. The highest BCUT2D eigenvalue weighted by Crippen LogP contribution is 2.20. The van der Waals surface area contributed by atoms with Crippen molar-refractivity contribution >= 4 is 5.84 Å². The van der Waals surface area contributed by atoms with Gasteiger partial charge in [0.15, 0.2) is 0 Å². The molecule has 0 aromatic rings. The van der Waals surface area contributed by atoms with Crippen LogP contribution in [0, 0.1) is 5.41 Å². The number of amidine groups is 1. The number of nitrogens with zero attached hydrogens (tertiary/aromatic N) is 1. The Labute approximate surface area is 104 Å². The minimum Gasteiger partial charge on any atom is -0.409 e. The number of nitrogens with two attached hydrogens (primary N) is 1. The van der Waals surface area contributed by atoms with Crippen molar-refractivity contribution in [3.8, 4) is 0 Å². The second kappa shape index (κ2) is 6.81. The molecule has 0 heterocycles. The fourth-order valence-corrected chi connectivity index (χ4v) is 1.10. The fourth-order valence-electron chi connectivity index (χ4n) is 1.10. The summed E-state index contributed by atoms with van der Waals surface area (Å²) in [5.74, 6) is 0.229. The molecule has 0 aliphatic carbocycles. The quantitative estimate of drug-likeness (QED) is 0.237. The zero-order valence-corrected chi connectivity index (χ0v) is 11.6. The molecule has 0 spiro atoms. The lowest BCUT2D eigenvalue weighted by Crippen LogP contribution is -2.33. The fraction of sp³-hybridized carbons (Fsp3) is 0.917. The van der Waals surface area contributed by atoms with Crippen molar-refractivity contribution in [1.29, 1.82) is 0 Å². The maximum atomic E-state index is 8.60. The van der Waals surface area contributed by atoms with Crippen LogP contribution in [0.1, 0.15) is 41.0 Å². The zero-order valence-electron chi connectivity index (χ0n) is 11.6. The highest BCUT2D eigenvalue weighted by Gasteiger charge is 2.23. The Balaban J connectivity index is 3.65. The van der Waals surface area contributed by atoms with E-state index in [0.717, 1.165) is 0 Å². The second-order valence-corrected chi connectivity index (χ2v) is 5.69. The van der Waals surface area contributed by atoms with Crippen LogP contribution in [-0.2, 0) is 9.47 Å². The van der Waals surface area contributed by atoms with Crippen molar-refractivity contribution in [3.63, 3.8) is 0 Å². The summed E-state index contributed by atoms with van der Waals surface area (Å²) in [5.41, 5.74) is 5.09. The molecule has 3 N–H and O–H groups in total. The van der Waals surface area contributed by atoms with Gasteiger partial charge in [-0.2, -0.15) is 0 Å². The lowest BCUT2D eigenvalue weighted by Gasteiger charge is -2.23. The van der Waals surface area contributed by atoms with Crippen LogP contribution in [0.5, 0.6) is 0 Å². The highest BCUT2D eigenvalue weighted by molar-refractivity contribution is 5.85. The topological polar surface area (TPSA) is 77.1 Å². The van der Waals surface area contributed by atoms with Gasteiger partial charge in [0, 0.05) is 12.0 Å². The van der Waals surface area contributed by atoms with Gasteiger partial charge in [0.25, 0.3) is 0 Å². The van der Waals surface area contributed by atoms with Crippen molar-refractivity contribution < 1.29 is 14.7 Å². The van der Waals surface area contributed by atoms with Gasteiger partial charge in [-0.1, -0.05) is 19.0 Å². The lowest BCUT2D eigenvalue weighted by molar-refractivity contribution is -0.0365. The second-order valence-electron chi connectivity index (χ2n) is 5.69. The molecule has 0 aliphatic heterocycles. The summed E-state index contributed by atoms with van der Waals surface area (Å²) in [5, 5.41) is 11.6. The first-order valence-corrected chi connectivity index (χ1v) is 5.89. The molecular formula is C12H26N2O3. The Bertz CT molecular complexity index is 245. The number of hydrogen-bond acceptors (Lipinski definition) is 4. The third-order valence-electron chi connectivity index (χ3n) is 2.44. The Morgan fingerprint density at radius 1 is 1.12 bits per heavy atom. The molecule has 0 aliphatic rings. The van der Waals surface area contributed by atoms with E-state index in [4.69, 9.17) is 20.4 Å². The van der Waals surface area contributed by atoms with Crippen LogP contribution < -0.4 is 5.73 Å². The van der Waals surface area contributed by atoms with Crippen molar-refractivity contribution in [2.75, 3.05) is 19.8 Å². The predicted octanol–water partition coefficient (Wildman–Crippen LogP) is 1.98. The SMILES string of the molecule is CC(C)(C)OCCOCCC(C)(C)C(N)=NO. The summed E-state index contributed by atoms with van der Waals surface area (Å²) in [6, 6.07) is 0. The summed E-state index contributed by atoms with van der Waals surface area (Å²) in [6.45, 7) is 11.6. The van der Waals surface area contributed by atoms with Crippen LogP contribution in [0.25, 0.3) is 0 Å². The molecule has 0 rings (SSSR count). The molecule has 0 aromatic carbocycles. The average molecular weight is 246 g/mol. The molecule has 0 aromatic heterocycles. The van der Waals surface area contributed by atoms with E-state index in [1.807, 2.05) is 34.6 Å². The van der Waals surface area contributed by atoms with Crippen LogP contribution >= 0.6 is 0 Å². The standard InChI is InChI=1S/C12H26N2O3/c1-11(2,3)17-9-8-16-7-6-12(4,5)10(13)14-15/h15H,6-9H2,1-5H3,(H2,13,14). The smallest absolute Gasteiger partial charge is 0.144 e. The number of rotatable bonds is 7. The Morgan fingerprint density at radius 2 is 1.71 bits per heavy atom. The number of oxime groups is 1. The van der Waals surface area contributed by atoms with E-state index in [-0.39, 0.29) is 16.9 Å². The Morgan fingerprint density at radius 3 is 2.18 bits per heavy atom. The van der Waals surface area contributed by atoms with E-state index in [0.29, 0.717) is 26.2 Å². The van der Waals surface area contributed by atoms with Crippen molar-refractivity contribution in [1.82, 2.24) is 0 Å². The van der Waals surface area contributed by atoms with Crippen LogP contribution in [-0.4, -0.2) is 36.5 Å². The average Bonchev–Trinajstić information content (AvgIpc) is 2.20. The minimum atomic E-state index is -0.348. The van der Waals surface area contributed by atoms with Crippen molar-refractivity contribution in [2.24, 2.45) is 16.3 Å². The zero-order chi connectivity index (χ0) is 13.5. The van der Waals surface area contributed by atoms with Gasteiger partial charge in [0.2, 0.25) is 0 Å². The molecule has 102 valence electrons. The van der Waals surface area contributed by atoms with Gasteiger partial charge >= 0.3 is 0 Å². The molecule has 0 radical (unpaired) electrons. The third-order valence-corrected chi connectivity index (χ3v) is 2.44. The Kier molecular flexibility index (Phi) is 6.49. The van der Waals surface area contributed by atoms with Gasteiger partial charge in [-0.05, 0) is 27.2 Å². The van der Waals surface area contributed by atoms with Gasteiger partial charge in [-0.15, -0.1) is 0 Å². The van der Waals surface area contributed by atoms with Gasteiger partial charge in [0.05, 0.1) is 18.8 Å². The summed E-state index contributed by atoms with van der Waals surface area (Å²) in [7, 11) is 0. The summed E-state index contributed by atoms with van der Waals surface area (Å²) < 4.78 is 11.0. The maximum absolute atomic E-state index is 8.60. The van der Waals surface area contributed by atoms with Crippen molar-refractivity contribution in [3.05, 3.63) is 0 Å². The Hall–Kier alpha value is -0.810. The number of ether oxygens (including phenoxy) is 2. The highest BCUT2D eigenvalue weighted by atomic mass is 16.5. The molecule has 5 heteroatoms. The minimum absolute atomic E-state index is 0.128. The molecule has 0 saturated heterocycles. The molecule has 0 fully saturated rings. The largest absolute Gasteiger partial charge is 0.409 e. The van der Waals surface area contributed by atoms with Gasteiger partial charge in [0.1, 0.15) is 5.84 Å². The number of hydrogen-bond donors (Lipinski definition) is 2. The van der Waals surface area contributed by atoms with E-state index < -0.39 is 0 Å². The van der Waals surface area contributed by atoms with Crippen LogP contribution in [0.3, 0.4) is 0 Å². The van der Waals surface area contributed by atoms with Crippen molar-refractivity contribution in [2.45, 2.75) is 46.6 Å². The third kappa shape index (κ3) is 7.99. The summed E-state index contributed by atoms with van der Waals surface area (Å²) >= 11 is 0. The summed E-state index contributed by atoms with van der Waals surface area (Å²) in [4.78, 5) is 0. The molecular weight excluding hydrogens is 220 g/mol. The first-order chi connectivity index (χ1) is 7.69. The van der Waals surface area contributed by atoms with E-state index >= 15 is 0 Å². The van der Waals surface area contributed by atoms with E-state index in [1.165, 1.54) is 0 Å². The van der Waals surface area contributed by atoms with Gasteiger partial charge in [-0.25, -0.2) is 0 Å². The van der Waals surface area contributed by atoms with Gasteiger partial charge in [-0.3, -0.25) is 0 Å². The van der Waals surface area contributed by atoms with Crippen LogP contribution in [0.4, 0.5) is 0 Å². The molecule has 0 saturated carbocycles. The summed E-state index contributed by atoms with van der Waals surface area (Å²) in [6.07, 6.45) is 0.707. The molecule has 0 atom stereocenters. The van der Waals surface area contributed by atoms with E-state index in [2.05, 4.69) is 5.16 Å². The van der Waals surface area contributed by atoms with Crippen LogP contribution in [0.2, 0.25) is 0 Å². The monoisotopic (exact) mass is 246 g/mol. The van der Waals surface area contributed by atoms with E-state index in [1.54, 1.807) is 0 Å². The molecule has 0 amide bonds.